The topological polar surface area (TPSA) is 65.8 Å². The quantitative estimate of drug-likeness (QED) is 0.906. The number of rotatable bonds is 2. The van der Waals surface area contributed by atoms with E-state index in [0.717, 1.165) is 30.7 Å². The van der Waals surface area contributed by atoms with Gasteiger partial charge in [0.05, 0.1) is 16.4 Å². The minimum Gasteiger partial charge on any atom is -0.355 e. The number of carbonyl (C=O) groups excluding carboxylic acids is 1. The highest BCUT2D eigenvalue weighted by Gasteiger charge is 2.36. The maximum absolute atomic E-state index is 13.0. The average Bonchev–Trinajstić information content (AvgIpc) is 2.63. The van der Waals surface area contributed by atoms with E-state index in [4.69, 9.17) is 5.26 Å². The molecule has 118 valence electrons. The van der Waals surface area contributed by atoms with Crippen LogP contribution in [-0.2, 0) is 11.0 Å². The van der Waals surface area contributed by atoms with Crippen molar-refractivity contribution in [2.24, 2.45) is 0 Å². The summed E-state index contributed by atoms with van der Waals surface area (Å²) in [4.78, 5) is 16.0. The first-order valence-corrected chi connectivity index (χ1v) is 7.64. The standard InChI is InChI=1S/C14H14F3N3OS/c1-8-6-10(14(15,16)17)9(7-18)13(20-8)22-11-4-2-3-5-19-12(11)21/h6,11H,2-5H2,1H3,(H,19,21)/t11-/m0/s1. The molecule has 0 spiro atoms. The molecule has 0 aliphatic carbocycles. The Kier molecular flexibility index (Phi) is 4.96. The Morgan fingerprint density at radius 3 is 2.82 bits per heavy atom. The minimum atomic E-state index is -4.63. The van der Waals surface area contributed by atoms with Crippen molar-refractivity contribution in [3.05, 3.63) is 22.9 Å². The number of nitrogens with zero attached hydrogens (tertiary/aromatic N) is 2. The first-order chi connectivity index (χ1) is 10.3. The van der Waals surface area contributed by atoms with Crippen molar-refractivity contribution in [2.45, 2.75) is 42.6 Å². The van der Waals surface area contributed by atoms with Crippen molar-refractivity contribution in [2.75, 3.05) is 6.54 Å². The fraction of sp³-hybridized carbons (Fsp3) is 0.500. The first kappa shape index (κ1) is 16.6. The van der Waals surface area contributed by atoms with Crippen molar-refractivity contribution in [3.8, 4) is 6.07 Å². The number of amides is 1. The van der Waals surface area contributed by atoms with E-state index in [-0.39, 0.29) is 16.6 Å². The lowest BCUT2D eigenvalue weighted by molar-refractivity contribution is -0.138. The van der Waals surface area contributed by atoms with Crippen LogP contribution in [0.5, 0.6) is 0 Å². The third-order valence-corrected chi connectivity index (χ3v) is 4.52. The van der Waals surface area contributed by atoms with Crippen molar-refractivity contribution in [1.29, 1.82) is 5.26 Å². The molecule has 1 aliphatic rings. The SMILES string of the molecule is Cc1cc(C(F)(F)F)c(C#N)c(S[C@H]2CCCCNC2=O)n1. The monoisotopic (exact) mass is 329 g/mol. The van der Waals surface area contributed by atoms with Crippen molar-refractivity contribution >= 4 is 17.7 Å². The summed E-state index contributed by atoms with van der Waals surface area (Å²) in [5.74, 6) is -0.219. The summed E-state index contributed by atoms with van der Waals surface area (Å²) in [6.07, 6.45) is -2.43. The second-order valence-electron chi connectivity index (χ2n) is 4.99. The summed E-state index contributed by atoms with van der Waals surface area (Å²) >= 11 is 0.936. The molecule has 2 rings (SSSR count). The highest BCUT2D eigenvalue weighted by molar-refractivity contribution is 8.00. The van der Waals surface area contributed by atoms with Crippen LogP contribution in [0.3, 0.4) is 0 Å². The molecule has 2 heterocycles. The largest absolute Gasteiger partial charge is 0.417 e. The Hall–Kier alpha value is -1.75. The molecule has 1 saturated heterocycles. The van der Waals surface area contributed by atoms with Crippen molar-refractivity contribution < 1.29 is 18.0 Å². The van der Waals surface area contributed by atoms with Crippen LogP contribution in [0.15, 0.2) is 11.1 Å². The molecular weight excluding hydrogens is 315 g/mol. The molecule has 1 amide bonds. The molecule has 0 aromatic carbocycles. The van der Waals surface area contributed by atoms with E-state index in [2.05, 4.69) is 10.3 Å². The van der Waals surface area contributed by atoms with Gasteiger partial charge in [0.1, 0.15) is 11.1 Å². The minimum absolute atomic E-state index is 0.0307. The van der Waals surface area contributed by atoms with E-state index in [1.165, 1.54) is 6.92 Å². The molecule has 4 nitrogen and oxygen atoms in total. The van der Waals surface area contributed by atoms with Gasteiger partial charge in [0.25, 0.3) is 0 Å². The molecule has 0 unspecified atom stereocenters. The van der Waals surface area contributed by atoms with Gasteiger partial charge in [0, 0.05) is 12.2 Å². The number of carbonyl (C=O) groups is 1. The highest BCUT2D eigenvalue weighted by atomic mass is 32.2. The molecule has 0 bridgehead atoms. The van der Waals surface area contributed by atoms with E-state index in [1.54, 1.807) is 6.07 Å². The Bertz CT molecular complexity index is 625. The van der Waals surface area contributed by atoms with Gasteiger partial charge in [-0.2, -0.15) is 18.4 Å². The van der Waals surface area contributed by atoms with Gasteiger partial charge in [-0.05, 0) is 25.8 Å². The van der Waals surface area contributed by atoms with Crippen molar-refractivity contribution in [1.82, 2.24) is 10.3 Å². The number of aryl methyl sites for hydroxylation is 1. The second-order valence-corrected chi connectivity index (χ2v) is 6.19. The van der Waals surface area contributed by atoms with Crippen LogP contribution in [0.25, 0.3) is 0 Å². The van der Waals surface area contributed by atoms with Gasteiger partial charge in [0.15, 0.2) is 0 Å². The maximum Gasteiger partial charge on any atom is 0.417 e. The number of thioether (sulfide) groups is 1. The Labute approximate surface area is 130 Å². The highest BCUT2D eigenvalue weighted by Crippen LogP contribution is 2.37. The van der Waals surface area contributed by atoms with Gasteiger partial charge >= 0.3 is 6.18 Å². The zero-order valence-electron chi connectivity index (χ0n) is 11.8. The van der Waals surface area contributed by atoms with Crippen LogP contribution in [0.2, 0.25) is 0 Å². The normalized spacial score (nSPS) is 19.2. The van der Waals surface area contributed by atoms with Crippen LogP contribution in [0, 0.1) is 18.3 Å². The molecule has 1 aromatic rings. The van der Waals surface area contributed by atoms with Gasteiger partial charge in [-0.1, -0.05) is 18.2 Å². The third kappa shape index (κ3) is 3.71. The lowest BCUT2D eigenvalue weighted by Crippen LogP contribution is -2.30. The molecule has 1 atom stereocenters. The molecule has 8 heteroatoms. The van der Waals surface area contributed by atoms with Crippen LogP contribution < -0.4 is 5.32 Å². The summed E-state index contributed by atoms with van der Waals surface area (Å²) in [5.41, 5.74) is -1.35. The van der Waals surface area contributed by atoms with Gasteiger partial charge in [-0.25, -0.2) is 4.98 Å². The summed E-state index contributed by atoms with van der Waals surface area (Å²) < 4.78 is 39.1. The first-order valence-electron chi connectivity index (χ1n) is 6.76. The van der Waals surface area contributed by atoms with Gasteiger partial charge in [-0.15, -0.1) is 0 Å². The van der Waals surface area contributed by atoms with Crippen LogP contribution in [0.4, 0.5) is 13.2 Å². The molecule has 0 saturated carbocycles. The molecule has 1 aliphatic heterocycles. The van der Waals surface area contributed by atoms with E-state index in [0.29, 0.717) is 13.0 Å². The van der Waals surface area contributed by atoms with Gasteiger partial charge < -0.3 is 5.32 Å². The fourth-order valence-corrected chi connectivity index (χ4v) is 3.43. The van der Waals surface area contributed by atoms with Crippen molar-refractivity contribution in [3.63, 3.8) is 0 Å². The summed E-state index contributed by atoms with van der Waals surface area (Å²) in [5, 5.41) is 11.3. The number of halogens is 3. The summed E-state index contributed by atoms with van der Waals surface area (Å²) in [6, 6.07) is 2.44. The maximum atomic E-state index is 13.0. The molecule has 22 heavy (non-hydrogen) atoms. The molecule has 1 fully saturated rings. The van der Waals surface area contributed by atoms with Gasteiger partial charge in [-0.3, -0.25) is 4.79 Å². The zero-order chi connectivity index (χ0) is 16.3. The number of hydrogen-bond acceptors (Lipinski definition) is 4. The fourth-order valence-electron chi connectivity index (χ4n) is 2.22. The number of aromatic nitrogens is 1. The van der Waals surface area contributed by atoms with E-state index >= 15 is 0 Å². The Morgan fingerprint density at radius 1 is 1.45 bits per heavy atom. The van der Waals surface area contributed by atoms with Crippen LogP contribution in [-0.4, -0.2) is 22.7 Å². The zero-order valence-corrected chi connectivity index (χ0v) is 12.6. The molecule has 0 radical (unpaired) electrons. The number of alkyl halides is 3. The summed E-state index contributed by atoms with van der Waals surface area (Å²) in [6.45, 7) is 2.00. The van der Waals surface area contributed by atoms with E-state index in [1.807, 2.05) is 0 Å². The molecular formula is C14H14F3N3OS. The van der Waals surface area contributed by atoms with E-state index in [9.17, 15) is 18.0 Å². The smallest absolute Gasteiger partial charge is 0.355 e. The lowest BCUT2D eigenvalue weighted by Gasteiger charge is -2.16. The van der Waals surface area contributed by atoms with Gasteiger partial charge in [0.2, 0.25) is 5.91 Å². The Balaban J connectivity index is 2.40. The second kappa shape index (κ2) is 6.57. The predicted molar refractivity (Wildman–Crippen MR) is 75.2 cm³/mol. The molecule has 1 N–H and O–H groups in total. The number of nitrogens with one attached hydrogen (secondary N) is 1. The predicted octanol–water partition coefficient (Wildman–Crippen LogP) is 3.04. The van der Waals surface area contributed by atoms with Crippen LogP contribution >= 0.6 is 11.8 Å². The lowest BCUT2D eigenvalue weighted by atomic mass is 10.1. The molecule has 1 aromatic heterocycles. The van der Waals surface area contributed by atoms with E-state index < -0.39 is 22.6 Å². The number of pyridine rings is 1. The third-order valence-electron chi connectivity index (χ3n) is 3.27. The van der Waals surface area contributed by atoms with Crippen LogP contribution in [0.1, 0.15) is 36.1 Å². The Morgan fingerprint density at radius 2 is 2.18 bits per heavy atom. The number of hydrogen-bond donors (Lipinski definition) is 1. The number of nitriles is 1. The summed E-state index contributed by atoms with van der Waals surface area (Å²) in [7, 11) is 0. The average molecular weight is 329 g/mol.